The van der Waals surface area contributed by atoms with E-state index in [4.69, 9.17) is 14.2 Å². The molecule has 0 spiro atoms. The molecular weight excluding hydrogens is 380 g/mol. The lowest BCUT2D eigenvalue weighted by molar-refractivity contribution is 0.258. The lowest BCUT2D eigenvalue weighted by Gasteiger charge is -2.27. The van der Waals surface area contributed by atoms with E-state index >= 15 is 0 Å². The second kappa shape index (κ2) is 8.05. The number of carbonyl (C=O) groups is 1. The predicted octanol–water partition coefficient (Wildman–Crippen LogP) is 1.31. The molecule has 1 N–H and O–H groups in total. The van der Waals surface area contributed by atoms with Crippen LogP contribution in [0.3, 0.4) is 0 Å². The summed E-state index contributed by atoms with van der Waals surface area (Å²) in [5.41, 5.74) is 0.0678. The number of methoxy groups -OCH3 is 3. The quantitative estimate of drug-likeness (QED) is 0.713. The summed E-state index contributed by atoms with van der Waals surface area (Å²) >= 11 is 0. The molecule has 12 heteroatoms. The number of rotatable bonds is 6. The third-order valence-corrected chi connectivity index (χ3v) is 4.07. The van der Waals surface area contributed by atoms with Gasteiger partial charge in [0.25, 0.3) is 0 Å². The van der Waals surface area contributed by atoms with Crippen LogP contribution >= 0.6 is 0 Å². The minimum Gasteiger partial charge on any atom is -0.730 e. The highest BCUT2D eigenvalue weighted by Crippen LogP contribution is 2.39. The zero-order chi connectivity index (χ0) is 20.2. The highest BCUT2D eigenvalue weighted by atomic mass is 32.2. The van der Waals surface area contributed by atoms with Gasteiger partial charge in [-0.3, -0.25) is 5.32 Å². The van der Waals surface area contributed by atoms with Crippen LogP contribution in [-0.2, 0) is 10.3 Å². The molecule has 0 atom stereocenters. The molecule has 0 aliphatic carbocycles. The molecule has 1 aromatic heterocycles. The fourth-order valence-electron chi connectivity index (χ4n) is 2.19. The summed E-state index contributed by atoms with van der Waals surface area (Å²) in [6.45, 7) is 1.62. The molecule has 0 radical (unpaired) electrons. The Hall–Kier alpha value is -3.12. The van der Waals surface area contributed by atoms with Gasteiger partial charge in [-0.05, 0) is 19.1 Å². The molecule has 0 fully saturated rings. The first kappa shape index (κ1) is 20.2. The monoisotopic (exact) mass is 397 g/mol. The Bertz CT molecular complexity index is 927. The molecule has 0 bridgehead atoms. The Morgan fingerprint density at radius 2 is 1.70 bits per heavy atom. The molecule has 11 nitrogen and oxygen atoms in total. The topological polar surface area (TPSA) is 143 Å². The number of aryl methyl sites for hydroxylation is 1. The highest BCUT2D eigenvalue weighted by molar-refractivity contribution is 7.88. The van der Waals surface area contributed by atoms with Crippen LogP contribution in [0.25, 0.3) is 0 Å². The Morgan fingerprint density at radius 1 is 1.11 bits per heavy atom. The molecule has 2 aromatic rings. The van der Waals surface area contributed by atoms with Crippen molar-refractivity contribution in [1.29, 1.82) is 0 Å². The van der Waals surface area contributed by atoms with Crippen LogP contribution in [0, 0.1) is 6.92 Å². The molecule has 0 saturated carbocycles. The van der Waals surface area contributed by atoms with Crippen molar-refractivity contribution in [2.45, 2.75) is 6.92 Å². The van der Waals surface area contributed by atoms with Crippen LogP contribution in [-0.4, -0.2) is 50.3 Å². The van der Waals surface area contributed by atoms with E-state index in [0.29, 0.717) is 5.69 Å². The third-order valence-electron chi connectivity index (χ3n) is 3.27. The first-order valence-corrected chi connectivity index (χ1v) is 8.75. The number of urea groups is 1. The molecule has 27 heavy (non-hydrogen) atoms. The van der Waals surface area contributed by atoms with Gasteiger partial charge in [0, 0.05) is 11.8 Å². The second-order valence-corrected chi connectivity index (χ2v) is 6.26. The average Bonchev–Trinajstić information content (AvgIpc) is 2.60. The number of para-hydroxylation sites is 1. The van der Waals surface area contributed by atoms with E-state index in [2.05, 4.69) is 15.3 Å². The number of hydrogen-bond donors (Lipinski definition) is 1. The molecular formula is C15H17N4O7S-. The maximum absolute atomic E-state index is 12.6. The van der Waals surface area contributed by atoms with Gasteiger partial charge in [0.2, 0.25) is 11.8 Å². The van der Waals surface area contributed by atoms with Gasteiger partial charge in [0.15, 0.2) is 10.3 Å². The van der Waals surface area contributed by atoms with Gasteiger partial charge in [0.05, 0.1) is 21.3 Å². The average molecular weight is 397 g/mol. The van der Waals surface area contributed by atoms with Gasteiger partial charge in [-0.25, -0.2) is 18.2 Å². The van der Waals surface area contributed by atoms with Crippen molar-refractivity contribution in [3.63, 3.8) is 0 Å². The molecule has 1 heterocycles. The second-order valence-electron chi connectivity index (χ2n) is 5.04. The summed E-state index contributed by atoms with van der Waals surface area (Å²) in [6.07, 6.45) is 0. The van der Waals surface area contributed by atoms with Crippen molar-refractivity contribution in [1.82, 2.24) is 9.97 Å². The summed E-state index contributed by atoms with van der Waals surface area (Å²) in [7, 11) is -1.44. The molecule has 0 aliphatic heterocycles. The first-order valence-electron chi connectivity index (χ1n) is 7.39. The van der Waals surface area contributed by atoms with Crippen LogP contribution in [0.5, 0.6) is 17.4 Å². The van der Waals surface area contributed by atoms with Crippen molar-refractivity contribution in [3.8, 4) is 17.4 Å². The van der Waals surface area contributed by atoms with Crippen molar-refractivity contribution in [3.05, 3.63) is 30.0 Å². The number of benzene rings is 1. The lowest BCUT2D eigenvalue weighted by Crippen LogP contribution is -2.40. The van der Waals surface area contributed by atoms with Crippen LogP contribution < -0.4 is 23.8 Å². The van der Waals surface area contributed by atoms with Gasteiger partial charge in [-0.15, -0.1) is 0 Å². The summed E-state index contributed by atoms with van der Waals surface area (Å²) in [4.78, 5) is 20.5. The number of ether oxygens (including phenoxy) is 3. The molecule has 146 valence electrons. The Labute approximate surface area is 155 Å². The van der Waals surface area contributed by atoms with E-state index in [1.165, 1.54) is 45.6 Å². The third kappa shape index (κ3) is 4.54. The van der Waals surface area contributed by atoms with Crippen LogP contribution in [0.4, 0.5) is 16.4 Å². The van der Waals surface area contributed by atoms with Crippen molar-refractivity contribution >= 4 is 28.0 Å². The van der Waals surface area contributed by atoms with Crippen LogP contribution in [0.15, 0.2) is 24.3 Å². The largest absolute Gasteiger partial charge is 0.730 e. The summed E-state index contributed by atoms with van der Waals surface area (Å²) in [5.74, 6) is -0.234. The molecule has 0 saturated heterocycles. The maximum atomic E-state index is 12.6. The maximum Gasteiger partial charge on any atom is 0.342 e. The highest BCUT2D eigenvalue weighted by Gasteiger charge is 2.29. The Balaban J connectivity index is 2.53. The van der Waals surface area contributed by atoms with E-state index in [1.54, 1.807) is 6.92 Å². The molecule has 2 amide bonds. The number of nitrogens with one attached hydrogen (secondary N) is 1. The fraction of sp³-hybridized carbons (Fsp3) is 0.267. The Kier molecular flexibility index (Phi) is 6.02. The van der Waals surface area contributed by atoms with Crippen molar-refractivity contribution in [2.24, 2.45) is 0 Å². The molecule has 1 aromatic carbocycles. The van der Waals surface area contributed by atoms with Gasteiger partial charge in [0.1, 0.15) is 17.2 Å². The number of carbonyl (C=O) groups excluding carboxylic acids is 1. The number of amides is 2. The van der Waals surface area contributed by atoms with Gasteiger partial charge in [-0.1, -0.05) is 6.07 Å². The summed E-state index contributed by atoms with van der Waals surface area (Å²) < 4.78 is 50.5. The minimum atomic E-state index is -5.30. The number of anilines is 2. The zero-order valence-electron chi connectivity index (χ0n) is 14.9. The van der Waals surface area contributed by atoms with E-state index in [9.17, 15) is 17.8 Å². The summed E-state index contributed by atoms with van der Waals surface area (Å²) in [6, 6.07) is 4.43. The summed E-state index contributed by atoms with van der Waals surface area (Å²) in [5, 5.41) is 2.16. The minimum absolute atomic E-state index is 0.0250. The first-order chi connectivity index (χ1) is 12.7. The molecule has 0 unspecified atom stereocenters. The number of nitrogens with zero attached hydrogens (tertiary/aromatic N) is 3. The standard InChI is InChI=1S/C15H18N4O7S/c1-9-8-12(26-4)17-14(16-9)18-15(20)19(27(21,22)23)13-10(24-2)6-5-7-11(13)25-3/h5-8H,1-4H3,(H,21,22,23)(H,16,17,18,20)/p-1. The Morgan fingerprint density at radius 3 is 2.19 bits per heavy atom. The van der Waals surface area contributed by atoms with Crippen LogP contribution in [0.1, 0.15) is 5.69 Å². The number of hydrogen-bond acceptors (Lipinski definition) is 9. The van der Waals surface area contributed by atoms with Gasteiger partial charge >= 0.3 is 6.03 Å². The zero-order valence-corrected chi connectivity index (χ0v) is 15.7. The van der Waals surface area contributed by atoms with E-state index in [1.807, 2.05) is 0 Å². The van der Waals surface area contributed by atoms with Gasteiger partial charge < -0.3 is 18.8 Å². The molecule has 0 aliphatic rings. The number of aromatic nitrogens is 2. The normalized spacial score (nSPS) is 10.9. The van der Waals surface area contributed by atoms with Crippen LogP contribution in [0.2, 0.25) is 0 Å². The van der Waals surface area contributed by atoms with Gasteiger partial charge in [-0.2, -0.15) is 9.29 Å². The fourth-order valence-corrected chi connectivity index (χ4v) is 2.85. The van der Waals surface area contributed by atoms with Crippen molar-refractivity contribution in [2.75, 3.05) is 31.0 Å². The lowest BCUT2D eigenvalue weighted by atomic mass is 10.2. The van der Waals surface area contributed by atoms with E-state index in [0.717, 1.165) is 0 Å². The van der Waals surface area contributed by atoms with Crippen molar-refractivity contribution < 1.29 is 32.0 Å². The SMILES string of the molecule is COc1cc(C)nc(NC(=O)N(c2c(OC)cccc2OC)S(=O)(=O)[O-])n1. The predicted molar refractivity (Wildman–Crippen MR) is 94.1 cm³/mol. The smallest absolute Gasteiger partial charge is 0.342 e. The van der Waals surface area contributed by atoms with E-state index < -0.39 is 16.3 Å². The van der Waals surface area contributed by atoms with E-state index in [-0.39, 0.29) is 33.3 Å². The molecule has 2 rings (SSSR count).